The predicted octanol–water partition coefficient (Wildman–Crippen LogP) is 1.41. The molecule has 0 aliphatic rings. The SMILES string of the molecule is Cc1sc(C(=O)Nc2nncs2)cc1S(=O)(=O)N(C)C. The first-order chi connectivity index (χ1) is 9.32. The highest BCUT2D eigenvalue weighted by molar-refractivity contribution is 7.89. The fourth-order valence-corrected chi connectivity index (χ4v) is 4.21. The van der Waals surface area contributed by atoms with E-state index in [1.54, 1.807) is 6.92 Å². The number of aryl methyl sites for hydroxylation is 1. The van der Waals surface area contributed by atoms with E-state index < -0.39 is 15.9 Å². The molecule has 0 radical (unpaired) electrons. The lowest BCUT2D eigenvalue weighted by molar-refractivity contribution is 0.103. The Morgan fingerprint density at radius 3 is 2.65 bits per heavy atom. The zero-order valence-corrected chi connectivity index (χ0v) is 13.4. The van der Waals surface area contributed by atoms with Crippen LogP contribution in [0.25, 0.3) is 0 Å². The van der Waals surface area contributed by atoms with Crippen LogP contribution < -0.4 is 5.32 Å². The van der Waals surface area contributed by atoms with Gasteiger partial charge in [0.2, 0.25) is 15.2 Å². The molecule has 1 N–H and O–H groups in total. The lowest BCUT2D eigenvalue weighted by atomic mass is 10.4. The van der Waals surface area contributed by atoms with E-state index in [1.165, 1.54) is 37.0 Å². The molecule has 1 amide bonds. The zero-order chi connectivity index (χ0) is 14.9. The monoisotopic (exact) mass is 332 g/mol. The molecule has 20 heavy (non-hydrogen) atoms. The Labute approximate surface area is 124 Å². The van der Waals surface area contributed by atoms with Gasteiger partial charge in [0.05, 0.1) is 9.77 Å². The maximum Gasteiger partial charge on any atom is 0.267 e. The first kappa shape index (κ1) is 15.0. The summed E-state index contributed by atoms with van der Waals surface area (Å²) in [4.78, 5) is 13.0. The zero-order valence-electron chi connectivity index (χ0n) is 10.9. The van der Waals surface area contributed by atoms with Gasteiger partial charge in [0.25, 0.3) is 5.91 Å². The molecule has 0 spiro atoms. The molecule has 0 unspecified atom stereocenters. The summed E-state index contributed by atoms with van der Waals surface area (Å²) in [6.07, 6.45) is 0. The maximum absolute atomic E-state index is 12.1. The molecule has 2 rings (SSSR count). The van der Waals surface area contributed by atoms with Crippen molar-refractivity contribution in [3.05, 3.63) is 21.3 Å². The fraction of sp³-hybridized carbons (Fsp3) is 0.300. The van der Waals surface area contributed by atoms with Crippen molar-refractivity contribution >= 4 is 43.7 Å². The van der Waals surface area contributed by atoms with Crippen LogP contribution in [0.1, 0.15) is 14.5 Å². The third-order valence-electron chi connectivity index (χ3n) is 2.44. The number of carbonyl (C=O) groups is 1. The van der Waals surface area contributed by atoms with Gasteiger partial charge in [0.1, 0.15) is 5.51 Å². The molecular weight excluding hydrogens is 320 g/mol. The Bertz CT molecular complexity index is 719. The van der Waals surface area contributed by atoms with Gasteiger partial charge in [-0.25, -0.2) is 12.7 Å². The Morgan fingerprint density at radius 2 is 2.10 bits per heavy atom. The van der Waals surface area contributed by atoms with Gasteiger partial charge in [-0.15, -0.1) is 21.5 Å². The van der Waals surface area contributed by atoms with Crippen LogP contribution in [-0.4, -0.2) is 42.9 Å². The van der Waals surface area contributed by atoms with E-state index >= 15 is 0 Å². The Hall–Kier alpha value is -1.36. The van der Waals surface area contributed by atoms with E-state index in [0.29, 0.717) is 14.9 Å². The number of sulfonamides is 1. The van der Waals surface area contributed by atoms with Gasteiger partial charge in [-0.3, -0.25) is 10.1 Å². The lowest BCUT2D eigenvalue weighted by Crippen LogP contribution is -2.22. The van der Waals surface area contributed by atoms with Gasteiger partial charge in [0, 0.05) is 19.0 Å². The first-order valence-electron chi connectivity index (χ1n) is 5.43. The van der Waals surface area contributed by atoms with Crippen LogP contribution in [0.3, 0.4) is 0 Å². The van der Waals surface area contributed by atoms with Gasteiger partial charge in [-0.1, -0.05) is 11.3 Å². The van der Waals surface area contributed by atoms with Gasteiger partial charge >= 0.3 is 0 Å². The summed E-state index contributed by atoms with van der Waals surface area (Å²) in [5.41, 5.74) is 1.50. The highest BCUT2D eigenvalue weighted by atomic mass is 32.2. The van der Waals surface area contributed by atoms with Crippen LogP contribution in [0.2, 0.25) is 0 Å². The summed E-state index contributed by atoms with van der Waals surface area (Å²) < 4.78 is 25.3. The standard InChI is InChI=1S/C10H12N4O3S3/c1-6-8(20(16,17)14(2)3)4-7(19-6)9(15)12-10-13-11-5-18-10/h4-5H,1-3H3,(H,12,13,15). The van der Waals surface area contributed by atoms with Gasteiger partial charge in [-0.05, 0) is 13.0 Å². The number of hydrogen-bond acceptors (Lipinski definition) is 7. The van der Waals surface area contributed by atoms with Crippen LogP contribution in [0.4, 0.5) is 5.13 Å². The van der Waals surface area contributed by atoms with Crippen molar-refractivity contribution in [3.63, 3.8) is 0 Å². The molecule has 2 aromatic rings. The third kappa shape index (κ3) is 2.87. The number of rotatable bonds is 4. The molecule has 0 fully saturated rings. The van der Waals surface area contributed by atoms with Gasteiger partial charge in [-0.2, -0.15) is 0 Å². The van der Waals surface area contributed by atoms with Crippen LogP contribution in [0.5, 0.6) is 0 Å². The Kier molecular flexibility index (Phi) is 4.18. The third-order valence-corrected chi connectivity index (χ3v) is 6.16. The molecule has 7 nitrogen and oxygen atoms in total. The minimum atomic E-state index is -3.54. The van der Waals surface area contributed by atoms with Crippen molar-refractivity contribution in [1.29, 1.82) is 0 Å². The molecule has 0 atom stereocenters. The number of hydrogen-bond donors (Lipinski definition) is 1. The molecule has 0 aromatic carbocycles. The lowest BCUT2D eigenvalue weighted by Gasteiger charge is -2.10. The number of carbonyl (C=O) groups excluding carboxylic acids is 1. The molecule has 108 valence electrons. The molecule has 0 aliphatic carbocycles. The summed E-state index contributed by atoms with van der Waals surface area (Å²) in [6.45, 7) is 1.67. The maximum atomic E-state index is 12.1. The van der Waals surface area contributed by atoms with E-state index in [9.17, 15) is 13.2 Å². The molecule has 0 aliphatic heterocycles. The van der Waals surface area contributed by atoms with Crippen LogP contribution in [-0.2, 0) is 10.0 Å². The highest BCUT2D eigenvalue weighted by Gasteiger charge is 2.24. The van der Waals surface area contributed by atoms with Crippen molar-refractivity contribution in [2.45, 2.75) is 11.8 Å². The molecule has 0 bridgehead atoms. The van der Waals surface area contributed by atoms with Gasteiger partial charge in [0.15, 0.2) is 0 Å². The number of anilines is 1. The average molecular weight is 332 g/mol. The largest absolute Gasteiger partial charge is 0.296 e. The summed E-state index contributed by atoms with van der Waals surface area (Å²) >= 11 is 2.32. The van der Waals surface area contributed by atoms with Crippen LogP contribution >= 0.6 is 22.7 Å². The number of nitrogens with one attached hydrogen (secondary N) is 1. The summed E-state index contributed by atoms with van der Waals surface area (Å²) in [6, 6.07) is 1.38. The second kappa shape index (κ2) is 5.56. The second-order valence-electron chi connectivity index (χ2n) is 4.02. The normalized spacial score (nSPS) is 11.8. The molecule has 2 aromatic heterocycles. The van der Waals surface area contributed by atoms with Crippen LogP contribution in [0, 0.1) is 6.92 Å². The topological polar surface area (TPSA) is 92.3 Å². The number of thiophene rings is 1. The average Bonchev–Trinajstić information content (AvgIpc) is 2.98. The van der Waals surface area contributed by atoms with Crippen molar-refractivity contribution in [2.24, 2.45) is 0 Å². The van der Waals surface area contributed by atoms with E-state index in [4.69, 9.17) is 0 Å². The number of aromatic nitrogens is 2. The quantitative estimate of drug-likeness (QED) is 0.914. The van der Waals surface area contributed by atoms with E-state index in [-0.39, 0.29) is 4.90 Å². The molecular formula is C10H12N4O3S3. The number of nitrogens with zero attached hydrogens (tertiary/aromatic N) is 3. The van der Waals surface area contributed by atoms with Crippen LogP contribution in [0.15, 0.2) is 16.5 Å². The van der Waals surface area contributed by atoms with Crippen molar-refractivity contribution in [2.75, 3.05) is 19.4 Å². The molecule has 0 saturated carbocycles. The summed E-state index contributed by atoms with van der Waals surface area (Å²) in [5.74, 6) is -0.393. The minimum Gasteiger partial charge on any atom is -0.296 e. The second-order valence-corrected chi connectivity index (χ2v) is 8.23. The summed E-state index contributed by atoms with van der Waals surface area (Å²) in [5, 5.41) is 10.3. The van der Waals surface area contributed by atoms with E-state index in [0.717, 1.165) is 15.6 Å². The highest BCUT2D eigenvalue weighted by Crippen LogP contribution is 2.28. The predicted molar refractivity (Wildman–Crippen MR) is 77.8 cm³/mol. The molecule has 10 heteroatoms. The van der Waals surface area contributed by atoms with Crippen molar-refractivity contribution < 1.29 is 13.2 Å². The molecule has 2 heterocycles. The molecule has 0 saturated heterocycles. The van der Waals surface area contributed by atoms with Crippen molar-refractivity contribution in [1.82, 2.24) is 14.5 Å². The smallest absolute Gasteiger partial charge is 0.267 e. The Balaban J connectivity index is 2.30. The number of amides is 1. The van der Waals surface area contributed by atoms with E-state index in [1.807, 2.05) is 0 Å². The minimum absolute atomic E-state index is 0.148. The van der Waals surface area contributed by atoms with Gasteiger partial charge < -0.3 is 0 Å². The Morgan fingerprint density at radius 1 is 1.40 bits per heavy atom. The van der Waals surface area contributed by atoms with E-state index in [2.05, 4.69) is 15.5 Å². The summed E-state index contributed by atoms with van der Waals surface area (Å²) in [7, 11) is -0.640. The van der Waals surface area contributed by atoms with Crippen molar-refractivity contribution in [3.8, 4) is 0 Å². The fourth-order valence-electron chi connectivity index (χ4n) is 1.42. The first-order valence-corrected chi connectivity index (χ1v) is 8.56.